The van der Waals surface area contributed by atoms with Gasteiger partial charge in [0, 0.05) is 5.69 Å². The number of fused-ring (bicyclic) bond motifs is 1. The average molecular weight is 290 g/mol. The lowest BCUT2D eigenvalue weighted by Gasteiger charge is -2.13. The van der Waals surface area contributed by atoms with Gasteiger partial charge in [-0.25, -0.2) is 0 Å². The van der Waals surface area contributed by atoms with Crippen LogP contribution in [0.1, 0.15) is 31.4 Å². The molecule has 1 amide bonds. The number of nitrogens with one attached hydrogen (secondary N) is 1. The highest BCUT2D eigenvalue weighted by Crippen LogP contribution is 2.25. The van der Waals surface area contributed by atoms with Crippen molar-refractivity contribution in [2.45, 2.75) is 39.2 Å². The van der Waals surface area contributed by atoms with E-state index >= 15 is 0 Å². The van der Waals surface area contributed by atoms with Crippen molar-refractivity contribution in [1.82, 2.24) is 0 Å². The van der Waals surface area contributed by atoms with E-state index in [0.29, 0.717) is 0 Å². The molecule has 0 spiro atoms. The zero-order valence-corrected chi connectivity index (χ0v) is 12.9. The molecule has 1 atom stereocenters. The molecule has 4 heteroatoms. The summed E-state index contributed by atoms with van der Waals surface area (Å²) in [4.78, 5) is 12.1. The highest BCUT2D eigenvalue weighted by atomic mass is 32.2. The van der Waals surface area contributed by atoms with Gasteiger partial charge in [0.2, 0.25) is 5.91 Å². The molecule has 0 radical (unpaired) electrons. The van der Waals surface area contributed by atoms with Crippen LogP contribution in [-0.4, -0.2) is 17.7 Å². The Morgan fingerprint density at radius 3 is 2.95 bits per heavy atom. The van der Waals surface area contributed by atoms with E-state index in [0.717, 1.165) is 29.9 Å². The summed E-state index contributed by atoms with van der Waals surface area (Å²) < 4.78 is 0. The predicted octanol–water partition coefficient (Wildman–Crippen LogP) is 3.10. The second-order valence-electron chi connectivity index (χ2n) is 5.12. The minimum atomic E-state index is -0.581. The van der Waals surface area contributed by atoms with E-state index in [1.807, 2.05) is 18.4 Å². The summed E-state index contributed by atoms with van der Waals surface area (Å²) in [6.45, 7) is 3.97. The zero-order chi connectivity index (χ0) is 14.5. The monoisotopic (exact) mass is 290 g/mol. The number of carbonyl (C=O) groups is 1. The Bertz CT molecular complexity index is 525. The molecule has 0 bridgehead atoms. The summed E-state index contributed by atoms with van der Waals surface area (Å²) in [5, 5.41) is 4.88. The van der Waals surface area contributed by atoms with Crippen LogP contribution in [0.4, 0.5) is 5.69 Å². The van der Waals surface area contributed by atoms with Gasteiger partial charge in [0.25, 0.3) is 0 Å². The zero-order valence-electron chi connectivity index (χ0n) is 12.1. The molecular weight excluding hydrogens is 268 g/mol. The molecule has 2 rings (SSSR count). The summed E-state index contributed by atoms with van der Waals surface area (Å²) in [5.74, 6) is 0.838. The molecule has 0 aromatic heterocycles. The first-order chi connectivity index (χ1) is 9.61. The minimum absolute atomic E-state index is 0.145. The third kappa shape index (κ3) is 3.64. The highest BCUT2D eigenvalue weighted by molar-refractivity contribution is 8.02. The van der Waals surface area contributed by atoms with Crippen molar-refractivity contribution in [2.75, 3.05) is 11.1 Å². The fraction of sp³-hybridized carbons (Fsp3) is 0.438. The van der Waals surface area contributed by atoms with Gasteiger partial charge in [-0.1, -0.05) is 13.0 Å². The molecule has 1 aromatic rings. The molecular formula is C16H22N2OS. The smallest absolute Gasteiger partial charge is 0.245 e. The maximum absolute atomic E-state index is 12.1. The van der Waals surface area contributed by atoms with Crippen molar-refractivity contribution in [3.05, 3.63) is 40.3 Å². The quantitative estimate of drug-likeness (QED) is 0.876. The maximum atomic E-state index is 12.1. The third-order valence-corrected chi connectivity index (χ3v) is 4.45. The molecule has 1 aromatic carbocycles. The number of rotatable bonds is 5. The SMILES string of the molecule is CCS/C=C(\C)C(N)C(=O)Nc1ccc2c(c1)CCC2. The lowest BCUT2D eigenvalue weighted by atomic mass is 10.1. The van der Waals surface area contributed by atoms with Crippen LogP contribution < -0.4 is 11.1 Å². The number of anilines is 1. The minimum Gasteiger partial charge on any atom is -0.324 e. The van der Waals surface area contributed by atoms with Crippen molar-refractivity contribution < 1.29 is 4.79 Å². The van der Waals surface area contributed by atoms with Crippen LogP contribution >= 0.6 is 11.8 Å². The van der Waals surface area contributed by atoms with Crippen LogP contribution in [0.5, 0.6) is 0 Å². The molecule has 1 aliphatic carbocycles. The summed E-state index contributed by atoms with van der Waals surface area (Å²) in [6, 6.07) is 5.57. The Balaban J connectivity index is 2.00. The van der Waals surface area contributed by atoms with Gasteiger partial charge in [-0.05, 0) is 66.2 Å². The average Bonchev–Trinajstić information content (AvgIpc) is 2.91. The summed E-state index contributed by atoms with van der Waals surface area (Å²) in [7, 11) is 0. The lowest BCUT2D eigenvalue weighted by molar-refractivity contribution is -0.116. The first-order valence-electron chi connectivity index (χ1n) is 7.08. The number of benzene rings is 1. The van der Waals surface area contributed by atoms with Crippen molar-refractivity contribution in [2.24, 2.45) is 5.73 Å². The van der Waals surface area contributed by atoms with Crippen molar-refractivity contribution >= 4 is 23.4 Å². The van der Waals surface area contributed by atoms with E-state index < -0.39 is 6.04 Å². The summed E-state index contributed by atoms with van der Waals surface area (Å²) >= 11 is 1.66. The first-order valence-corrected chi connectivity index (χ1v) is 8.13. The number of thioether (sulfide) groups is 1. The van der Waals surface area contributed by atoms with E-state index in [1.165, 1.54) is 17.5 Å². The van der Waals surface area contributed by atoms with Crippen molar-refractivity contribution in [3.63, 3.8) is 0 Å². The molecule has 0 aliphatic heterocycles. The Morgan fingerprint density at radius 2 is 2.20 bits per heavy atom. The molecule has 20 heavy (non-hydrogen) atoms. The van der Waals surface area contributed by atoms with Gasteiger partial charge in [0.15, 0.2) is 0 Å². The van der Waals surface area contributed by atoms with Crippen LogP contribution in [-0.2, 0) is 17.6 Å². The van der Waals surface area contributed by atoms with Crippen molar-refractivity contribution in [3.8, 4) is 0 Å². The molecule has 0 saturated carbocycles. The molecule has 0 saturated heterocycles. The fourth-order valence-electron chi connectivity index (χ4n) is 2.36. The van der Waals surface area contributed by atoms with Crippen LogP contribution in [0.2, 0.25) is 0 Å². The van der Waals surface area contributed by atoms with Crippen LogP contribution in [0.3, 0.4) is 0 Å². The molecule has 0 fully saturated rings. The Kier molecular flexibility index (Phi) is 5.26. The summed E-state index contributed by atoms with van der Waals surface area (Å²) in [5.41, 5.74) is 10.5. The number of aryl methyl sites for hydroxylation is 2. The molecule has 1 aliphatic rings. The topological polar surface area (TPSA) is 55.1 Å². The number of hydrogen-bond donors (Lipinski definition) is 2. The number of nitrogens with two attached hydrogens (primary N) is 1. The molecule has 3 nitrogen and oxygen atoms in total. The fourth-order valence-corrected chi connectivity index (χ4v) is 2.94. The van der Waals surface area contributed by atoms with Crippen molar-refractivity contribution in [1.29, 1.82) is 0 Å². The Labute approximate surface area is 125 Å². The predicted molar refractivity (Wildman–Crippen MR) is 87.0 cm³/mol. The molecule has 0 heterocycles. The van der Waals surface area contributed by atoms with Crippen LogP contribution in [0.15, 0.2) is 29.2 Å². The second kappa shape index (κ2) is 6.95. The third-order valence-electron chi connectivity index (χ3n) is 3.57. The number of carbonyl (C=O) groups excluding carboxylic acids is 1. The normalized spacial score (nSPS) is 15.8. The van der Waals surface area contributed by atoms with Crippen LogP contribution in [0.25, 0.3) is 0 Å². The van der Waals surface area contributed by atoms with E-state index in [2.05, 4.69) is 24.4 Å². The second-order valence-corrected chi connectivity index (χ2v) is 6.27. The molecule has 3 N–H and O–H groups in total. The van der Waals surface area contributed by atoms with Gasteiger partial charge in [0.1, 0.15) is 6.04 Å². The van der Waals surface area contributed by atoms with Gasteiger partial charge >= 0.3 is 0 Å². The Morgan fingerprint density at radius 1 is 1.45 bits per heavy atom. The van der Waals surface area contributed by atoms with Gasteiger partial charge in [-0.2, -0.15) is 0 Å². The van der Waals surface area contributed by atoms with Gasteiger partial charge < -0.3 is 11.1 Å². The largest absolute Gasteiger partial charge is 0.324 e. The Hall–Kier alpha value is -1.26. The highest BCUT2D eigenvalue weighted by Gasteiger charge is 2.17. The van der Waals surface area contributed by atoms with Gasteiger partial charge in [0.05, 0.1) is 0 Å². The van der Waals surface area contributed by atoms with E-state index in [-0.39, 0.29) is 5.91 Å². The van der Waals surface area contributed by atoms with E-state index in [1.54, 1.807) is 11.8 Å². The van der Waals surface area contributed by atoms with Crippen LogP contribution in [0, 0.1) is 0 Å². The first kappa shape index (κ1) is 15.1. The van der Waals surface area contributed by atoms with Gasteiger partial charge in [-0.3, -0.25) is 4.79 Å². The van der Waals surface area contributed by atoms with Gasteiger partial charge in [-0.15, -0.1) is 11.8 Å². The van der Waals surface area contributed by atoms with E-state index in [4.69, 9.17) is 5.73 Å². The molecule has 1 unspecified atom stereocenters. The maximum Gasteiger partial charge on any atom is 0.245 e. The van der Waals surface area contributed by atoms with E-state index in [9.17, 15) is 4.79 Å². The molecule has 108 valence electrons. The standard InChI is InChI=1S/C16H22N2OS/c1-3-20-10-11(2)15(17)16(19)18-14-8-7-12-5-4-6-13(12)9-14/h7-10,15H,3-6,17H2,1-2H3,(H,18,19)/b11-10+. The number of amides is 1. The number of hydrogen-bond acceptors (Lipinski definition) is 3. The summed E-state index contributed by atoms with van der Waals surface area (Å²) in [6.07, 6.45) is 3.47. The lowest BCUT2D eigenvalue weighted by Crippen LogP contribution is -2.36.